The van der Waals surface area contributed by atoms with E-state index in [9.17, 15) is 4.79 Å². The van der Waals surface area contributed by atoms with Crippen molar-refractivity contribution < 1.29 is 19.0 Å². The number of nitrogens with one attached hydrogen (secondary N) is 1. The fraction of sp³-hybridized carbons (Fsp3) is 0.375. The van der Waals surface area contributed by atoms with Gasteiger partial charge in [-0.25, -0.2) is 0 Å². The predicted molar refractivity (Wildman–Crippen MR) is 129 cm³/mol. The van der Waals surface area contributed by atoms with Crippen molar-refractivity contribution in [3.8, 4) is 11.5 Å². The third kappa shape index (κ3) is 5.45. The van der Waals surface area contributed by atoms with Gasteiger partial charge < -0.3 is 24.4 Å². The van der Waals surface area contributed by atoms with Gasteiger partial charge in [0.2, 0.25) is 11.9 Å². The molecule has 0 aliphatic carbocycles. The maximum atomic E-state index is 12.6. The topological polar surface area (TPSA) is 90.7 Å². The maximum absolute atomic E-state index is 12.6. The van der Waals surface area contributed by atoms with Crippen molar-refractivity contribution in [2.75, 3.05) is 50.1 Å². The van der Waals surface area contributed by atoms with Crippen LogP contribution in [0.5, 0.6) is 11.5 Å². The minimum atomic E-state index is -0.224. The lowest BCUT2D eigenvalue weighted by atomic mass is 10.2. The Morgan fingerprint density at radius 2 is 1.79 bits per heavy atom. The Labute approximate surface area is 202 Å². The zero-order valence-corrected chi connectivity index (χ0v) is 19.6. The number of hydrogen-bond acceptors (Lipinski definition) is 8. The molecule has 2 aliphatic heterocycles. The SMILES string of the molecule is O=C(CSc1nnc(N2CCOCC2)n1Cc1ccccc1)NC[C@@H]1COc2ccccc2O1. The second-order valence-electron chi connectivity index (χ2n) is 8.04. The van der Waals surface area contributed by atoms with Crippen molar-refractivity contribution in [2.45, 2.75) is 17.8 Å². The van der Waals surface area contributed by atoms with Crippen molar-refractivity contribution in [1.29, 1.82) is 0 Å². The molecule has 34 heavy (non-hydrogen) atoms. The number of rotatable bonds is 8. The monoisotopic (exact) mass is 481 g/mol. The molecule has 0 unspecified atom stereocenters. The van der Waals surface area contributed by atoms with E-state index in [4.69, 9.17) is 14.2 Å². The highest BCUT2D eigenvalue weighted by Crippen LogP contribution is 2.30. The minimum Gasteiger partial charge on any atom is -0.486 e. The third-order valence-electron chi connectivity index (χ3n) is 5.60. The highest BCUT2D eigenvalue weighted by atomic mass is 32.2. The zero-order valence-electron chi connectivity index (χ0n) is 18.8. The van der Waals surface area contributed by atoms with Gasteiger partial charge in [-0.15, -0.1) is 10.2 Å². The molecule has 2 aromatic carbocycles. The van der Waals surface area contributed by atoms with Crippen LogP contribution in [0, 0.1) is 0 Å². The van der Waals surface area contributed by atoms with Crippen LogP contribution < -0.4 is 19.7 Å². The van der Waals surface area contributed by atoms with E-state index >= 15 is 0 Å². The molecular formula is C24H27N5O4S. The van der Waals surface area contributed by atoms with Crippen molar-refractivity contribution in [3.63, 3.8) is 0 Å². The van der Waals surface area contributed by atoms with Crippen LogP contribution in [-0.2, 0) is 16.1 Å². The predicted octanol–water partition coefficient (Wildman–Crippen LogP) is 2.21. The van der Waals surface area contributed by atoms with E-state index in [-0.39, 0.29) is 17.8 Å². The molecule has 5 rings (SSSR count). The van der Waals surface area contributed by atoms with Gasteiger partial charge in [-0.1, -0.05) is 54.2 Å². The first-order valence-corrected chi connectivity index (χ1v) is 12.3. The molecule has 0 radical (unpaired) electrons. The van der Waals surface area contributed by atoms with E-state index in [1.54, 1.807) is 0 Å². The molecule has 10 heteroatoms. The number of thioether (sulfide) groups is 1. The molecule has 178 valence electrons. The van der Waals surface area contributed by atoms with Crippen LogP contribution in [0.2, 0.25) is 0 Å². The van der Waals surface area contributed by atoms with Crippen molar-refractivity contribution in [2.24, 2.45) is 0 Å². The Bertz CT molecular complexity index is 1100. The van der Waals surface area contributed by atoms with Gasteiger partial charge in [0.1, 0.15) is 12.7 Å². The molecule has 1 amide bonds. The van der Waals surface area contributed by atoms with E-state index in [0.717, 1.165) is 30.4 Å². The van der Waals surface area contributed by atoms with Gasteiger partial charge in [-0.3, -0.25) is 9.36 Å². The first-order valence-electron chi connectivity index (χ1n) is 11.3. The molecule has 3 heterocycles. The lowest BCUT2D eigenvalue weighted by molar-refractivity contribution is -0.119. The van der Waals surface area contributed by atoms with E-state index in [1.165, 1.54) is 11.8 Å². The number of nitrogens with zero attached hydrogens (tertiary/aromatic N) is 4. The molecule has 0 saturated carbocycles. The van der Waals surface area contributed by atoms with Crippen LogP contribution in [0.15, 0.2) is 59.8 Å². The summed E-state index contributed by atoms with van der Waals surface area (Å²) in [6.07, 6.45) is -0.224. The summed E-state index contributed by atoms with van der Waals surface area (Å²) in [5.41, 5.74) is 1.15. The van der Waals surface area contributed by atoms with Gasteiger partial charge in [-0.05, 0) is 17.7 Å². The second-order valence-corrected chi connectivity index (χ2v) is 8.99. The molecule has 3 aromatic rings. The van der Waals surface area contributed by atoms with Gasteiger partial charge in [-0.2, -0.15) is 0 Å². The number of amides is 1. The number of benzene rings is 2. The second kappa shape index (κ2) is 10.8. The Hall–Kier alpha value is -3.24. The summed E-state index contributed by atoms with van der Waals surface area (Å²) in [6.45, 7) is 4.29. The van der Waals surface area contributed by atoms with Gasteiger partial charge in [0.05, 0.1) is 32.1 Å². The molecule has 0 spiro atoms. The van der Waals surface area contributed by atoms with E-state index < -0.39 is 0 Å². The number of anilines is 1. The van der Waals surface area contributed by atoms with Crippen LogP contribution in [0.4, 0.5) is 5.95 Å². The zero-order chi connectivity index (χ0) is 23.2. The number of ether oxygens (including phenoxy) is 3. The van der Waals surface area contributed by atoms with E-state index in [1.807, 2.05) is 42.5 Å². The van der Waals surface area contributed by atoms with Crippen LogP contribution in [-0.4, -0.2) is 72.0 Å². The normalized spacial score (nSPS) is 17.4. The van der Waals surface area contributed by atoms with Crippen molar-refractivity contribution in [3.05, 3.63) is 60.2 Å². The Balaban J connectivity index is 1.19. The quantitative estimate of drug-likeness (QED) is 0.490. The molecule has 1 N–H and O–H groups in total. The molecule has 0 bridgehead atoms. The lowest BCUT2D eigenvalue weighted by Crippen LogP contribution is -2.41. The number of carbonyl (C=O) groups is 1. The summed E-state index contributed by atoms with van der Waals surface area (Å²) >= 11 is 1.38. The summed E-state index contributed by atoms with van der Waals surface area (Å²) in [5.74, 6) is 2.39. The van der Waals surface area contributed by atoms with E-state index in [2.05, 4.69) is 37.1 Å². The summed E-state index contributed by atoms with van der Waals surface area (Å²) < 4.78 is 19.2. The third-order valence-corrected chi connectivity index (χ3v) is 6.57. The van der Waals surface area contributed by atoms with E-state index in [0.29, 0.717) is 43.8 Å². The molecule has 2 aliphatic rings. The Morgan fingerprint density at radius 3 is 2.62 bits per heavy atom. The van der Waals surface area contributed by atoms with Crippen molar-refractivity contribution >= 4 is 23.6 Å². The Kier molecular flexibility index (Phi) is 7.16. The molecule has 9 nitrogen and oxygen atoms in total. The first-order chi connectivity index (χ1) is 16.8. The highest BCUT2D eigenvalue weighted by Gasteiger charge is 2.23. The molecular weight excluding hydrogens is 454 g/mol. The minimum absolute atomic E-state index is 0.0883. The number of fused-ring (bicyclic) bond motifs is 1. The van der Waals surface area contributed by atoms with Crippen LogP contribution in [0.25, 0.3) is 0 Å². The fourth-order valence-electron chi connectivity index (χ4n) is 3.86. The van der Waals surface area contributed by atoms with Crippen LogP contribution in [0.3, 0.4) is 0 Å². The maximum Gasteiger partial charge on any atom is 0.230 e. The summed E-state index contributed by atoms with van der Waals surface area (Å²) in [4.78, 5) is 14.8. The van der Waals surface area contributed by atoms with Gasteiger partial charge in [0, 0.05) is 13.1 Å². The summed E-state index contributed by atoms with van der Waals surface area (Å²) in [7, 11) is 0. The Morgan fingerprint density at radius 1 is 1.03 bits per heavy atom. The number of morpholine rings is 1. The summed E-state index contributed by atoms with van der Waals surface area (Å²) in [5, 5.41) is 12.5. The van der Waals surface area contributed by atoms with Gasteiger partial charge >= 0.3 is 0 Å². The number of aromatic nitrogens is 3. The summed E-state index contributed by atoms with van der Waals surface area (Å²) in [6, 6.07) is 17.7. The standard InChI is InChI=1S/C24H27N5O4S/c30-22(25-14-19-16-32-20-8-4-5-9-21(20)33-19)17-34-24-27-26-23(28-10-12-31-13-11-28)29(24)15-18-6-2-1-3-7-18/h1-9,19H,10-17H2,(H,25,30)/t19-/m1/s1. The molecule has 1 fully saturated rings. The van der Waals surface area contributed by atoms with Crippen LogP contribution in [0.1, 0.15) is 5.56 Å². The average Bonchev–Trinajstić information content (AvgIpc) is 3.29. The smallest absolute Gasteiger partial charge is 0.230 e. The van der Waals surface area contributed by atoms with Gasteiger partial charge in [0.15, 0.2) is 16.7 Å². The number of hydrogen-bond donors (Lipinski definition) is 1. The number of carbonyl (C=O) groups excluding carboxylic acids is 1. The molecule has 1 aromatic heterocycles. The fourth-order valence-corrected chi connectivity index (χ4v) is 4.62. The lowest BCUT2D eigenvalue weighted by Gasteiger charge is -2.28. The largest absolute Gasteiger partial charge is 0.486 e. The molecule has 1 atom stereocenters. The van der Waals surface area contributed by atoms with Gasteiger partial charge in [0.25, 0.3) is 0 Å². The van der Waals surface area contributed by atoms with Crippen molar-refractivity contribution in [1.82, 2.24) is 20.1 Å². The first kappa shape index (κ1) is 22.5. The van der Waals surface area contributed by atoms with Crippen LogP contribution >= 0.6 is 11.8 Å². The average molecular weight is 482 g/mol. The highest BCUT2D eigenvalue weighted by molar-refractivity contribution is 7.99. The number of para-hydroxylation sites is 2. The molecule has 1 saturated heterocycles.